The predicted molar refractivity (Wildman–Crippen MR) is 83.4 cm³/mol. The molecule has 0 saturated heterocycles. The first kappa shape index (κ1) is 14.8. The molecule has 4 nitrogen and oxygen atoms in total. The molecule has 2 aromatic rings. The quantitative estimate of drug-likeness (QED) is 0.793. The first-order chi connectivity index (χ1) is 9.63. The van der Waals surface area contributed by atoms with Crippen molar-refractivity contribution in [3.8, 4) is 0 Å². The highest BCUT2D eigenvalue weighted by atomic mass is 16.3. The first-order valence-electron chi connectivity index (χ1n) is 7.10. The van der Waals surface area contributed by atoms with Gasteiger partial charge in [-0.15, -0.1) is 0 Å². The Morgan fingerprint density at radius 2 is 2.10 bits per heavy atom. The Morgan fingerprint density at radius 1 is 1.30 bits per heavy atom. The van der Waals surface area contributed by atoms with Crippen LogP contribution in [0.1, 0.15) is 25.8 Å². The number of aliphatic hydroxyl groups is 1. The minimum Gasteiger partial charge on any atom is -0.398 e. The third kappa shape index (κ3) is 3.26. The number of pyridine rings is 1. The number of hydrogen-bond donors (Lipinski definition) is 2. The van der Waals surface area contributed by atoms with Gasteiger partial charge in [-0.25, -0.2) is 0 Å². The molecule has 108 valence electrons. The SMILES string of the molecule is CC(C)N(CCCO)Cc1ccc(N)c2cccnc12. The molecule has 0 atom stereocenters. The summed E-state index contributed by atoms with van der Waals surface area (Å²) < 4.78 is 0. The van der Waals surface area contributed by atoms with E-state index in [4.69, 9.17) is 10.8 Å². The summed E-state index contributed by atoms with van der Waals surface area (Å²) in [6.07, 6.45) is 2.59. The van der Waals surface area contributed by atoms with Gasteiger partial charge in [0.15, 0.2) is 0 Å². The Hall–Kier alpha value is -1.65. The van der Waals surface area contributed by atoms with E-state index < -0.39 is 0 Å². The summed E-state index contributed by atoms with van der Waals surface area (Å²) in [5.74, 6) is 0. The van der Waals surface area contributed by atoms with E-state index in [0.29, 0.717) is 6.04 Å². The Labute approximate surface area is 120 Å². The summed E-state index contributed by atoms with van der Waals surface area (Å²) in [5.41, 5.74) is 8.93. The average Bonchev–Trinajstić information content (AvgIpc) is 2.45. The minimum absolute atomic E-state index is 0.226. The molecule has 0 aliphatic rings. The molecule has 4 heteroatoms. The van der Waals surface area contributed by atoms with E-state index in [0.717, 1.165) is 36.1 Å². The standard InChI is InChI=1S/C16H23N3O/c1-12(2)19(9-4-10-20)11-13-6-7-15(17)14-5-3-8-18-16(13)14/h3,5-8,12,20H,4,9-11,17H2,1-2H3. The van der Waals surface area contributed by atoms with E-state index in [2.05, 4.69) is 29.8 Å². The monoisotopic (exact) mass is 273 g/mol. The van der Waals surface area contributed by atoms with E-state index in [-0.39, 0.29) is 6.61 Å². The van der Waals surface area contributed by atoms with Gasteiger partial charge >= 0.3 is 0 Å². The second-order valence-corrected chi connectivity index (χ2v) is 5.35. The van der Waals surface area contributed by atoms with Crippen molar-refractivity contribution in [1.82, 2.24) is 9.88 Å². The second kappa shape index (κ2) is 6.68. The van der Waals surface area contributed by atoms with Crippen molar-refractivity contribution < 1.29 is 5.11 Å². The third-order valence-electron chi connectivity index (χ3n) is 3.59. The van der Waals surface area contributed by atoms with Gasteiger partial charge in [-0.1, -0.05) is 6.07 Å². The van der Waals surface area contributed by atoms with Gasteiger partial charge in [0, 0.05) is 43.0 Å². The Morgan fingerprint density at radius 3 is 2.80 bits per heavy atom. The fourth-order valence-corrected chi connectivity index (χ4v) is 2.39. The topological polar surface area (TPSA) is 62.4 Å². The van der Waals surface area contributed by atoms with Crippen molar-refractivity contribution in [3.05, 3.63) is 36.0 Å². The summed E-state index contributed by atoms with van der Waals surface area (Å²) in [6.45, 7) is 6.27. The van der Waals surface area contributed by atoms with Crippen molar-refractivity contribution in [3.63, 3.8) is 0 Å². The van der Waals surface area contributed by atoms with Gasteiger partial charge in [0.05, 0.1) is 5.52 Å². The number of hydrogen-bond acceptors (Lipinski definition) is 4. The number of nitrogen functional groups attached to an aromatic ring is 1. The Bertz CT molecular complexity index is 569. The van der Waals surface area contributed by atoms with Gasteiger partial charge in [-0.05, 0) is 44.0 Å². The van der Waals surface area contributed by atoms with E-state index in [1.807, 2.05) is 18.2 Å². The van der Waals surface area contributed by atoms with Crippen LogP contribution in [0.15, 0.2) is 30.5 Å². The molecule has 20 heavy (non-hydrogen) atoms. The Kier molecular flexibility index (Phi) is 4.93. The molecule has 0 bridgehead atoms. The largest absolute Gasteiger partial charge is 0.398 e. The summed E-state index contributed by atoms with van der Waals surface area (Å²) in [4.78, 5) is 6.82. The summed E-state index contributed by atoms with van der Waals surface area (Å²) in [6, 6.07) is 8.35. The molecule has 0 aliphatic heterocycles. The molecular formula is C16H23N3O. The molecule has 0 amide bonds. The highest BCUT2D eigenvalue weighted by Crippen LogP contribution is 2.24. The summed E-state index contributed by atoms with van der Waals surface area (Å²) in [7, 11) is 0. The third-order valence-corrected chi connectivity index (χ3v) is 3.59. The second-order valence-electron chi connectivity index (χ2n) is 5.35. The van der Waals surface area contributed by atoms with Crippen LogP contribution in [0.5, 0.6) is 0 Å². The number of nitrogens with two attached hydrogens (primary N) is 1. The smallest absolute Gasteiger partial charge is 0.0767 e. The van der Waals surface area contributed by atoms with Crippen LogP contribution >= 0.6 is 0 Å². The normalized spacial score (nSPS) is 11.7. The van der Waals surface area contributed by atoms with Gasteiger partial charge < -0.3 is 10.8 Å². The molecule has 0 unspecified atom stereocenters. The fourth-order valence-electron chi connectivity index (χ4n) is 2.39. The van der Waals surface area contributed by atoms with E-state index in [1.165, 1.54) is 5.56 Å². The lowest BCUT2D eigenvalue weighted by atomic mass is 10.1. The molecule has 1 heterocycles. The van der Waals surface area contributed by atoms with Gasteiger partial charge in [0.1, 0.15) is 0 Å². The van der Waals surface area contributed by atoms with Crippen LogP contribution in [-0.4, -0.2) is 34.2 Å². The molecule has 1 aromatic carbocycles. The maximum atomic E-state index is 9.02. The predicted octanol–water partition coefficient (Wildman–Crippen LogP) is 2.41. The molecule has 0 saturated carbocycles. The van der Waals surface area contributed by atoms with Crippen LogP contribution < -0.4 is 5.73 Å². The van der Waals surface area contributed by atoms with Crippen molar-refractivity contribution in [2.24, 2.45) is 0 Å². The van der Waals surface area contributed by atoms with Crippen molar-refractivity contribution in [2.75, 3.05) is 18.9 Å². The fraction of sp³-hybridized carbons (Fsp3) is 0.438. The Balaban J connectivity index is 2.30. The van der Waals surface area contributed by atoms with Gasteiger partial charge in [-0.2, -0.15) is 0 Å². The van der Waals surface area contributed by atoms with Crippen LogP contribution in [0.25, 0.3) is 10.9 Å². The molecule has 0 radical (unpaired) electrons. The number of nitrogens with zero attached hydrogens (tertiary/aromatic N) is 2. The number of aromatic nitrogens is 1. The zero-order chi connectivity index (χ0) is 14.5. The van der Waals surface area contributed by atoms with E-state index in [9.17, 15) is 0 Å². The number of benzene rings is 1. The highest BCUT2D eigenvalue weighted by Gasteiger charge is 2.13. The molecule has 1 aromatic heterocycles. The van der Waals surface area contributed by atoms with E-state index >= 15 is 0 Å². The number of fused-ring (bicyclic) bond motifs is 1. The maximum absolute atomic E-state index is 9.02. The maximum Gasteiger partial charge on any atom is 0.0767 e. The summed E-state index contributed by atoms with van der Waals surface area (Å²) in [5, 5.41) is 10.0. The number of aliphatic hydroxyl groups excluding tert-OH is 1. The highest BCUT2D eigenvalue weighted by molar-refractivity contribution is 5.92. The molecule has 0 spiro atoms. The number of rotatable bonds is 6. The zero-order valence-corrected chi connectivity index (χ0v) is 12.2. The molecule has 2 rings (SSSR count). The molecule has 0 aliphatic carbocycles. The van der Waals surface area contributed by atoms with Crippen molar-refractivity contribution >= 4 is 16.6 Å². The van der Waals surface area contributed by atoms with Gasteiger partial charge in [-0.3, -0.25) is 9.88 Å². The number of anilines is 1. The molecular weight excluding hydrogens is 250 g/mol. The zero-order valence-electron chi connectivity index (χ0n) is 12.2. The van der Waals surface area contributed by atoms with Crippen molar-refractivity contribution in [2.45, 2.75) is 32.9 Å². The van der Waals surface area contributed by atoms with Crippen LogP contribution in [0, 0.1) is 0 Å². The van der Waals surface area contributed by atoms with Crippen LogP contribution in [0.2, 0.25) is 0 Å². The first-order valence-corrected chi connectivity index (χ1v) is 7.10. The van der Waals surface area contributed by atoms with E-state index in [1.54, 1.807) is 6.20 Å². The minimum atomic E-state index is 0.226. The lowest BCUT2D eigenvalue weighted by Crippen LogP contribution is -2.31. The molecule has 0 fully saturated rings. The van der Waals surface area contributed by atoms with Crippen LogP contribution in [-0.2, 0) is 6.54 Å². The lowest BCUT2D eigenvalue weighted by Gasteiger charge is -2.26. The van der Waals surface area contributed by atoms with Gasteiger partial charge in [0.25, 0.3) is 0 Å². The average molecular weight is 273 g/mol. The summed E-state index contributed by atoms with van der Waals surface area (Å²) >= 11 is 0. The molecule has 3 N–H and O–H groups in total. The van der Waals surface area contributed by atoms with Crippen LogP contribution in [0.4, 0.5) is 5.69 Å². The van der Waals surface area contributed by atoms with Gasteiger partial charge in [0.2, 0.25) is 0 Å². The van der Waals surface area contributed by atoms with Crippen molar-refractivity contribution in [1.29, 1.82) is 0 Å². The lowest BCUT2D eigenvalue weighted by molar-refractivity contribution is 0.185. The van der Waals surface area contributed by atoms with Crippen LogP contribution in [0.3, 0.4) is 0 Å².